The Hall–Kier alpha value is -2.56. The summed E-state index contributed by atoms with van der Waals surface area (Å²) >= 11 is 0. The molecule has 0 saturated heterocycles. The van der Waals surface area contributed by atoms with E-state index in [1.165, 1.54) is 18.5 Å². The van der Waals surface area contributed by atoms with E-state index in [9.17, 15) is 9.90 Å². The molecule has 0 aliphatic rings. The Balaban J connectivity index is 1.75. The van der Waals surface area contributed by atoms with Gasteiger partial charge in [0.2, 0.25) is 0 Å². The summed E-state index contributed by atoms with van der Waals surface area (Å²) in [6.45, 7) is 1.39. The largest absolute Gasteiger partial charge is 0.505 e. The molecule has 1 amide bonds. The van der Waals surface area contributed by atoms with Crippen LogP contribution in [0.15, 0.2) is 48.8 Å². The van der Waals surface area contributed by atoms with Crippen LogP contribution in [0.3, 0.4) is 0 Å². The van der Waals surface area contributed by atoms with Crippen LogP contribution < -0.4 is 10.2 Å². The molecule has 110 valence electrons. The average Bonchev–Trinajstić information content (AvgIpc) is 2.52. The number of carbonyl (C=O) groups is 1. The molecule has 1 aromatic heterocycles. The van der Waals surface area contributed by atoms with Crippen LogP contribution in [-0.4, -0.2) is 36.1 Å². The van der Waals surface area contributed by atoms with Crippen LogP contribution in [0, 0.1) is 0 Å². The van der Waals surface area contributed by atoms with Crippen molar-refractivity contribution in [2.75, 3.05) is 25.0 Å². The second-order valence-electron chi connectivity index (χ2n) is 4.76. The number of hydrogen-bond donors (Lipinski definition) is 2. The Bertz CT molecular complexity index is 587. The van der Waals surface area contributed by atoms with Gasteiger partial charge in [0, 0.05) is 32.0 Å². The topological polar surface area (TPSA) is 65.5 Å². The highest BCUT2D eigenvalue weighted by Gasteiger charge is 2.09. The van der Waals surface area contributed by atoms with Crippen molar-refractivity contribution >= 4 is 11.6 Å². The van der Waals surface area contributed by atoms with Crippen LogP contribution in [0.2, 0.25) is 0 Å². The minimum Gasteiger partial charge on any atom is -0.505 e. The molecule has 5 heteroatoms. The van der Waals surface area contributed by atoms with Crippen molar-refractivity contribution in [3.63, 3.8) is 0 Å². The van der Waals surface area contributed by atoms with Crippen molar-refractivity contribution in [3.8, 4) is 5.75 Å². The minimum absolute atomic E-state index is 0.101. The van der Waals surface area contributed by atoms with Gasteiger partial charge in [0.15, 0.2) is 0 Å². The number of para-hydroxylation sites is 1. The summed E-state index contributed by atoms with van der Waals surface area (Å²) in [4.78, 5) is 17.7. The quantitative estimate of drug-likeness (QED) is 0.797. The third kappa shape index (κ3) is 4.21. The zero-order chi connectivity index (χ0) is 15.1. The molecule has 0 unspecified atom stereocenters. The number of amides is 1. The molecule has 1 aromatic carbocycles. The van der Waals surface area contributed by atoms with Crippen molar-refractivity contribution in [2.24, 2.45) is 0 Å². The summed E-state index contributed by atoms with van der Waals surface area (Å²) in [6.07, 6.45) is 3.57. The maximum Gasteiger partial charge on any atom is 0.255 e. The van der Waals surface area contributed by atoms with Crippen LogP contribution in [-0.2, 0) is 0 Å². The molecule has 0 aliphatic heterocycles. The third-order valence-electron chi connectivity index (χ3n) is 3.20. The van der Waals surface area contributed by atoms with Gasteiger partial charge < -0.3 is 15.3 Å². The molecule has 0 fully saturated rings. The third-order valence-corrected chi connectivity index (χ3v) is 3.20. The number of hydrogen-bond acceptors (Lipinski definition) is 4. The number of pyridine rings is 1. The van der Waals surface area contributed by atoms with Gasteiger partial charge in [0.1, 0.15) is 5.75 Å². The lowest BCUT2D eigenvalue weighted by atomic mass is 10.2. The molecule has 0 radical (unpaired) electrons. The van der Waals surface area contributed by atoms with Crippen molar-refractivity contribution in [2.45, 2.75) is 6.42 Å². The number of anilines is 1. The molecule has 2 aromatic rings. The first-order valence-corrected chi connectivity index (χ1v) is 6.86. The van der Waals surface area contributed by atoms with E-state index < -0.39 is 0 Å². The second kappa shape index (κ2) is 7.28. The molecule has 2 rings (SSSR count). The van der Waals surface area contributed by atoms with Gasteiger partial charge in [-0.1, -0.05) is 18.2 Å². The molecule has 21 heavy (non-hydrogen) atoms. The summed E-state index contributed by atoms with van der Waals surface area (Å²) in [7, 11) is 2.02. The van der Waals surface area contributed by atoms with E-state index in [4.69, 9.17) is 0 Å². The summed E-state index contributed by atoms with van der Waals surface area (Å²) in [5, 5.41) is 12.3. The highest BCUT2D eigenvalue weighted by molar-refractivity contribution is 5.96. The van der Waals surface area contributed by atoms with Crippen LogP contribution in [0.1, 0.15) is 16.8 Å². The Kier molecular flexibility index (Phi) is 5.15. The molecule has 2 N–H and O–H groups in total. The Labute approximate surface area is 124 Å². The molecule has 1 heterocycles. The van der Waals surface area contributed by atoms with Crippen LogP contribution >= 0.6 is 0 Å². The van der Waals surface area contributed by atoms with Crippen LogP contribution in [0.4, 0.5) is 5.69 Å². The van der Waals surface area contributed by atoms with Gasteiger partial charge in [0.05, 0.1) is 11.8 Å². The van der Waals surface area contributed by atoms with E-state index in [0.29, 0.717) is 6.54 Å². The highest BCUT2D eigenvalue weighted by atomic mass is 16.3. The summed E-state index contributed by atoms with van der Waals surface area (Å²) < 4.78 is 0. The molecule has 5 nitrogen and oxygen atoms in total. The first kappa shape index (κ1) is 14.8. The van der Waals surface area contributed by atoms with E-state index in [0.717, 1.165) is 18.7 Å². The summed E-state index contributed by atoms with van der Waals surface area (Å²) in [6, 6.07) is 11.6. The normalized spacial score (nSPS) is 10.1. The lowest BCUT2D eigenvalue weighted by Gasteiger charge is -2.19. The van der Waals surface area contributed by atoms with Crippen molar-refractivity contribution < 1.29 is 9.90 Å². The average molecular weight is 285 g/mol. The lowest BCUT2D eigenvalue weighted by molar-refractivity contribution is 0.0950. The number of nitrogens with zero attached hydrogens (tertiary/aromatic N) is 2. The maximum absolute atomic E-state index is 11.9. The molecule has 0 saturated carbocycles. The highest BCUT2D eigenvalue weighted by Crippen LogP contribution is 2.13. The Morgan fingerprint density at radius 3 is 2.76 bits per heavy atom. The molecular formula is C16H19N3O2. The fourth-order valence-electron chi connectivity index (χ4n) is 2.00. The first-order chi connectivity index (χ1) is 10.2. The summed E-state index contributed by atoms with van der Waals surface area (Å²) in [5.41, 5.74) is 1.40. The number of aromatic nitrogens is 1. The second-order valence-corrected chi connectivity index (χ2v) is 4.76. The van der Waals surface area contributed by atoms with E-state index >= 15 is 0 Å². The zero-order valence-electron chi connectivity index (χ0n) is 12.0. The number of carbonyl (C=O) groups excluding carboxylic acids is 1. The SMILES string of the molecule is CN(CCCNC(=O)c1ccncc1O)c1ccccc1. The van der Waals surface area contributed by atoms with Gasteiger partial charge in [-0.25, -0.2) is 0 Å². The Morgan fingerprint density at radius 2 is 2.05 bits per heavy atom. The number of rotatable bonds is 6. The number of benzene rings is 1. The lowest BCUT2D eigenvalue weighted by Crippen LogP contribution is -2.28. The van der Waals surface area contributed by atoms with Crippen LogP contribution in [0.5, 0.6) is 5.75 Å². The number of aromatic hydroxyl groups is 1. The van der Waals surface area contributed by atoms with Crippen LogP contribution in [0.25, 0.3) is 0 Å². The fraction of sp³-hybridized carbons (Fsp3) is 0.250. The minimum atomic E-state index is -0.280. The monoisotopic (exact) mass is 285 g/mol. The zero-order valence-corrected chi connectivity index (χ0v) is 12.0. The molecule has 0 aliphatic carbocycles. The number of nitrogens with one attached hydrogen (secondary N) is 1. The van der Waals surface area contributed by atoms with Gasteiger partial charge in [-0.3, -0.25) is 9.78 Å². The van der Waals surface area contributed by atoms with Crippen molar-refractivity contribution in [1.29, 1.82) is 0 Å². The Morgan fingerprint density at radius 1 is 1.29 bits per heavy atom. The van der Waals surface area contributed by atoms with Crippen molar-refractivity contribution in [3.05, 3.63) is 54.4 Å². The standard InChI is InChI=1S/C16H19N3O2/c1-19(13-6-3-2-4-7-13)11-5-9-18-16(21)14-8-10-17-12-15(14)20/h2-4,6-8,10,12,20H,5,9,11H2,1H3,(H,18,21). The van der Waals surface area contributed by atoms with Gasteiger partial charge >= 0.3 is 0 Å². The van der Waals surface area contributed by atoms with Gasteiger partial charge in [0.25, 0.3) is 5.91 Å². The summed E-state index contributed by atoms with van der Waals surface area (Å²) in [5.74, 6) is -0.381. The predicted octanol–water partition coefficient (Wildman–Crippen LogP) is 2.04. The van der Waals surface area contributed by atoms with Gasteiger partial charge in [-0.05, 0) is 24.6 Å². The molecule has 0 spiro atoms. The fourth-order valence-corrected chi connectivity index (χ4v) is 2.00. The maximum atomic E-state index is 11.9. The van der Waals surface area contributed by atoms with E-state index in [-0.39, 0.29) is 17.2 Å². The van der Waals surface area contributed by atoms with Crippen molar-refractivity contribution in [1.82, 2.24) is 10.3 Å². The van der Waals surface area contributed by atoms with E-state index in [2.05, 4.69) is 15.2 Å². The predicted molar refractivity (Wildman–Crippen MR) is 82.6 cm³/mol. The molecule has 0 atom stereocenters. The van der Waals surface area contributed by atoms with Gasteiger partial charge in [-0.2, -0.15) is 0 Å². The van der Waals surface area contributed by atoms with Gasteiger partial charge in [-0.15, -0.1) is 0 Å². The van der Waals surface area contributed by atoms with E-state index in [1.807, 2.05) is 37.4 Å². The smallest absolute Gasteiger partial charge is 0.255 e. The molecule has 0 bridgehead atoms. The van der Waals surface area contributed by atoms with E-state index in [1.54, 1.807) is 0 Å². The molecular weight excluding hydrogens is 266 g/mol. The first-order valence-electron chi connectivity index (χ1n) is 6.86.